The minimum atomic E-state index is -0.453. The van der Waals surface area contributed by atoms with Crippen molar-refractivity contribution in [1.29, 1.82) is 0 Å². The van der Waals surface area contributed by atoms with E-state index in [0.29, 0.717) is 11.4 Å². The van der Waals surface area contributed by atoms with Crippen LogP contribution in [0.1, 0.15) is 10.5 Å². The molecule has 4 heteroatoms. The average Bonchev–Trinajstić information content (AvgIpc) is 2.89. The molecule has 0 saturated heterocycles. The molecular weight excluding hydrogens is 288 g/mol. The van der Waals surface area contributed by atoms with Crippen molar-refractivity contribution in [3.8, 4) is 5.75 Å². The Morgan fingerprint density at radius 1 is 0.957 bits per heavy atom. The summed E-state index contributed by atoms with van der Waals surface area (Å²) in [6.07, 6.45) is 1.72. The van der Waals surface area contributed by atoms with Crippen molar-refractivity contribution in [2.45, 2.75) is 0 Å². The highest BCUT2D eigenvalue weighted by molar-refractivity contribution is 6.09. The molecule has 0 aliphatic carbocycles. The maximum Gasteiger partial charge on any atom is 0.362 e. The molecule has 2 aromatic heterocycles. The van der Waals surface area contributed by atoms with Gasteiger partial charge in [0.15, 0.2) is 0 Å². The first-order chi connectivity index (χ1) is 11.2. The Morgan fingerprint density at radius 3 is 2.52 bits per heavy atom. The lowest BCUT2D eigenvalue weighted by Gasteiger charge is -2.04. The number of aromatic nitrogens is 2. The Kier molecular flexibility index (Phi) is 3.08. The molecule has 0 spiro atoms. The Morgan fingerprint density at radius 2 is 1.70 bits per heavy atom. The van der Waals surface area contributed by atoms with Crippen molar-refractivity contribution in [2.24, 2.45) is 7.05 Å². The summed E-state index contributed by atoms with van der Waals surface area (Å²) in [5.74, 6) is 0.0587. The van der Waals surface area contributed by atoms with Crippen molar-refractivity contribution in [3.05, 3.63) is 72.6 Å². The second kappa shape index (κ2) is 5.25. The number of aryl methyl sites for hydroxylation is 1. The molecule has 2 heterocycles. The number of esters is 1. The summed E-state index contributed by atoms with van der Waals surface area (Å²) < 4.78 is 7.43. The molecule has 0 saturated carbocycles. The molecule has 2 aromatic carbocycles. The maximum atomic E-state index is 12.3. The lowest BCUT2D eigenvalue weighted by Crippen LogP contribution is -2.10. The van der Waals surface area contributed by atoms with Crippen molar-refractivity contribution < 1.29 is 9.53 Å². The van der Waals surface area contributed by atoms with Crippen LogP contribution in [0.25, 0.3) is 21.8 Å². The molecule has 0 N–H and O–H groups in total. The summed E-state index contributed by atoms with van der Waals surface area (Å²) in [6, 6.07) is 18.9. The topological polar surface area (TPSA) is 44.1 Å². The number of pyridine rings is 1. The van der Waals surface area contributed by atoms with Gasteiger partial charge in [-0.25, -0.2) is 9.78 Å². The molecule has 0 unspecified atom stereocenters. The largest absolute Gasteiger partial charge is 0.422 e. The van der Waals surface area contributed by atoms with Gasteiger partial charge in [-0.15, -0.1) is 0 Å². The second-order valence-electron chi connectivity index (χ2n) is 5.37. The van der Waals surface area contributed by atoms with E-state index in [1.165, 1.54) is 0 Å². The van der Waals surface area contributed by atoms with E-state index in [2.05, 4.69) is 15.6 Å². The van der Waals surface area contributed by atoms with Gasteiger partial charge in [0, 0.05) is 23.3 Å². The molecule has 0 radical (unpaired) electrons. The van der Waals surface area contributed by atoms with E-state index < -0.39 is 5.97 Å². The molecule has 0 fully saturated rings. The average molecular weight is 302 g/mol. The van der Waals surface area contributed by atoms with Gasteiger partial charge in [-0.2, -0.15) is 0 Å². The number of para-hydroxylation sites is 2. The number of carbonyl (C=O) groups is 1. The fraction of sp³-hybridized carbons (Fsp3) is 0.0526. The van der Waals surface area contributed by atoms with E-state index in [1.54, 1.807) is 24.4 Å². The summed E-state index contributed by atoms with van der Waals surface area (Å²) in [7, 11) is 1.99. The molecule has 4 aromatic rings. The highest BCUT2D eigenvalue weighted by Crippen LogP contribution is 2.28. The van der Waals surface area contributed by atoms with E-state index >= 15 is 0 Å². The summed E-state index contributed by atoms with van der Waals surface area (Å²) in [5.41, 5.74) is 2.40. The molecule has 0 atom stereocenters. The Labute approximate surface area is 132 Å². The van der Waals surface area contributed by atoms with E-state index in [-0.39, 0.29) is 0 Å². The number of hydrogen-bond acceptors (Lipinski definition) is 3. The van der Waals surface area contributed by atoms with Crippen LogP contribution in [0.5, 0.6) is 5.75 Å². The van der Waals surface area contributed by atoms with E-state index in [0.717, 1.165) is 21.8 Å². The molecule has 112 valence electrons. The van der Waals surface area contributed by atoms with Gasteiger partial charge in [-0.1, -0.05) is 36.4 Å². The fourth-order valence-corrected chi connectivity index (χ4v) is 2.81. The lowest BCUT2D eigenvalue weighted by atomic mass is 10.1. The summed E-state index contributed by atoms with van der Waals surface area (Å²) in [5, 5.41) is 2.10. The van der Waals surface area contributed by atoms with Gasteiger partial charge >= 0.3 is 5.97 Å². The third kappa shape index (κ3) is 2.25. The number of hydrogen-bond donors (Lipinski definition) is 0. The van der Waals surface area contributed by atoms with Gasteiger partial charge < -0.3 is 9.30 Å². The standard InChI is InChI=1S/C19H14N2O2/c1-21-17-10-6-5-9-14(17)15-11-16(20-12-18(15)21)19(22)23-13-7-3-2-4-8-13/h2-12H,1H3. The zero-order valence-electron chi connectivity index (χ0n) is 12.6. The predicted molar refractivity (Wildman–Crippen MR) is 89.6 cm³/mol. The Bertz CT molecular complexity index is 1020. The summed E-state index contributed by atoms with van der Waals surface area (Å²) >= 11 is 0. The van der Waals surface area contributed by atoms with Crippen molar-refractivity contribution in [3.63, 3.8) is 0 Å². The SMILES string of the molecule is Cn1c2ccccc2c2cc(C(=O)Oc3ccccc3)ncc21. The first-order valence-electron chi connectivity index (χ1n) is 7.34. The zero-order valence-corrected chi connectivity index (χ0v) is 12.6. The molecular formula is C19H14N2O2. The lowest BCUT2D eigenvalue weighted by molar-refractivity contribution is 0.0729. The molecule has 0 aliphatic heterocycles. The van der Waals surface area contributed by atoms with Gasteiger partial charge in [0.2, 0.25) is 0 Å². The van der Waals surface area contributed by atoms with Crippen LogP contribution < -0.4 is 4.74 Å². The Hall–Kier alpha value is -3.14. The summed E-state index contributed by atoms with van der Waals surface area (Å²) in [4.78, 5) is 16.6. The van der Waals surface area contributed by atoms with Crippen LogP contribution in [-0.4, -0.2) is 15.5 Å². The number of benzene rings is 2. The highest BCUT2D eigenvalue weighted by Gasteiger charge is 2.14. The van der Waals surface area contributed by atoms with Crippen LogP contribution in [0.2, 0.25) is 0 Å². The van der Waals surface area contributed by atoms with Crippen LogP contribution in [-0.2, 0) is 7.05 Å². The second-order valence-corrected chi connectivity index (χ2v) is 5.37. The van der Waals surface area contributed by atoms with E-state index in [1.807, 2.05) is 43.4 Å². The number of fused-ring (bicyclic) bond motifs is 3. The van der Waals surface area contributed by atoms with E-state index in [9.17, 15) is 4.79 Å². The van der Waals surface area contributed by atoms with Crippen molar-refractivity contribution >= 4 is 27.8 Å². The number of rotatable bonds is 2. The van der Waals surface area contributed by atoms with Crippen LogP contribution >= 0.6 is 0 Å². The van der Waals surface area contributed by atoms with Crippen molar-refractivity contribution in [1.82, 2.24) is 9.55 Å². The van der Waals surface area contributed by atoms with Gasteiger partial charge in [-0.05, 0) is 24.3 Å². The zero-order chi connectivity index (χ0) is 15.8. The quantitative estimate of drug-likeness (QED) is 0.416. The third-order valence-electron chi connectivity index (χ3n) is 3.96. The molecule has 0 amide bonds. The minimum Gasteiger partial charge on any atom is -0.422 e. The van der Waals surface area contributed by atoms with Gasteiger partial charge in [0.05, 0.1) is 11.7 Å². The first kappa shape index (κ1) is 13.5. The first-order valence-corrected chi connectivity index (χ1v) is 7.34. The molecule has 4 nitrogen and oxygen atoms in total. The van der Waals surface area contributed by atoms with Crippen LogP contribution in [0, 0.1) is 0 Å². The predicted octanol–water partition coefficient (Wildman–Crippen LogP) is 3.95. The fourth-order valence-electron chi connectivity index (χ4n) is 2.81. The number of ether oxygens (including phenoxy) is 1. The number of carbonyl (C=O) groups excluding carboxylic acids is 1. The molecule has 23 heavy (non-hydrogen) atoms. The smallest absolute Gasteiger partial charge is 0.362 e. The van der Waals surface area contributed by atoms with Crippen LogP contribution in [0.3, 0.4) is 0 Å². The Balaban J connectivity index is 1.79. The molecule has 4 rings (SSSR count). The molecule has 0 aliphatic rings. The highest BCUT2D eigenvalue weighted by atomic mass is 16.5. The normalized spacial score (nSPS) is 11.0. The van der Waals surface area contributed by atoms with Crippen molar-refractivity contribution in [2.75, 3.05) is 0 Å². The van der Waals surface area contributed by atoms with Crippen LogP contribution in [0.15, 0.2) is 66.9 Å². The minimum absolute atomic E-state index is 0.303. The van der Waals surface area contributed by atoms with Gasteiger partial charge in [0.25, 0.3) is 0 Å². The maximum absolute atomic E-state index is 12.3. The van der Waals surface area contributed by atoms with Gasteiger partial charge in [0.1, 0.15) is 11.4 Å². The molecule has 0 bridgehead atoms. The van der Waals surface area contributed by atoms with Gasteiger partial charge in [-0.3, -0.25) is 0 Å². The third-order valence-corrected chi connectivity index (χ3v) is 3.96. The van der Waals surface area contributed by atoms with E-state index in [4.69, 9.17) is 4.74 Å². The number of nitrogens with zero attached hydrogens (tertiary/aromatic N) is 2. The summed E-state index contributed by atoms with van der Waals surface area (Å²) in [6.45, 7) is 0. The van der Waals surface area contributed by atoms with Crippen LogP contribution in [0.4, 0.5) is 0 Å². The monoisotopic (exact) mass is 302 g/mol.